The van der Waals surface area contributed by atoms with Gasteiger partial charge in [-0.2, -0.15) is 0 Å². The van der Waals surface area contributed by atoms with E-state index in [-0.39, 0.29) is 18.7 Å². The number of hydrogen-bond donors (Lipinski definition) is 3. The van der Waals surface area contributed by atoms with Gasteiger partial charge in [-0.1, -0.05) is 32.6 Å². The fraction of sp³-hybridized carbons (Fsp3) is 0.923. The van der Waals surface area contributed by atoms with Crippen molar-refractivity contribution in [3.8, 4) is 0 Å². The van der Waals surface area contributed by atoms with Gasteiger partial charge in [0.2, 0.25) is 0 Å². The number of carbonyl (C=O) groups is 1. The SMILES string of the molecule is CCC(CO)NC(=O)NCCCC1CCCC1. The molecular formula is C13H26N2O2. The molecule has 0 aromatic carbocycles. The van der Waals surface area contributed by atoms with Crippen molar-refractivity contribution >= 4 is 6.03 Å². The average molecular weight is 242 g/mol. The molecule has 1 unspecified atom stereocenters. The molecule has 0 bridgehead atoms. The van der Waals surface area contributed by atoms with E-state index in [1.165, 1.54) is 32.1 Å². The number of aliphatic hydroxyl groups excluding tert-OH is 1. The van der Waals surface area contributed by atoms with E-state index < -0.39 is 0 Å². The second-order valence-electron chi connectivity index (χ2n) is 4.98. The van der Waals surface area contributed by atoms with Crippen LogP contribution in [-0.2, 0) is 0 Å². The summed E-state index contributed by atoms with van der Waals surface area (Å²) >= 11 is 0. The van der Waals surface area contributed by atoms with Gasteiger partial charge in [0.05, 0.1) is 12.6 Å². The van der Waals surface area contributed by atoms with Gasteiger partial charge in [-0.15, -0.1) is 0 Å². The van der Waals surface area contributed by atoms with E-state index in [2.05, 4.69) is 10.6 Å². The van der Waals surface area contributed by atoms with Gasteiger partial charge in [0.15, 0.2) is 0 Å². The Kier molecular flexibility index (Phi) is 7.01. The molecule has 0 aromatic heterocycles. The Labute approximate surface area is 104 Å². The van der Waals surface area contributed by atoms with Crippen molar-refractivity contribution < 1.29 is 9.90 Å². The number of aliphatic hydroxyl groups is 1. The van der Waals surface area contributed by atoms with E-state index in [1.54, 1.807) is 0 Å². The molecule has 1 atom stereocenters. The summed E-state index contributed by atoms with van der Waals surface area (Å²) in [6.45, 7) is 2.69. The van der Waals surface area contributed by atoms with Gasteiger partial charge in [0.25, 0.3) is 0 Å². The second-order valence-corrected chi connectivity index (χ2v) is 4.98. The van der Waals surface area contributed by atoms with Gasteiger partial charge in [0, 0.05) is 6.54 Å². The van der Waals surface area contributed by atoms with E-state index >= 15 is 0 Å². The van der Waals surface area contributed by atoms with Crippen LogP contribution in [0, 0.1) is 5.92 Å². The lowest BCUT2D eigenvalue weighted by atomic mass is 10.0. The maximum Gasteiger partial charge on any atom is 0.315 e. The normalized spacial score (nSPS) is 18.0. The van der Waals surface area contributed by atoms with E-state index in [1.807, 2.05) is 6.92 Å². The van der Waals surface area contributed by atoms with Gasteiger partial charge < -0.3 is 15.7 Å². The Balaban J connectivity index is 1.99. The first-order valence-electron chi connectivity index (χ1n) is 6.91. The van der Waals surface area contributed by atoms with Crippen molar-refractivity contribution in [1.29, 1.82) is 0 Å². The summed E-state index contributed by atoms with van der Waals surface area (Å²) < 4.78 is 0. The van der Waals surface area contributed by atoms with Gasteiger partial charge in [-0.05, 0) is 25.2 Å². The lowest BCUT2D eigenvalue weighted by molar-refractivity contribution is 0.214. The number of rotatable bonds is 7. The third-order valence-electron chi connectivity index (χ3n) is 3.60. The Hall–Kier alpha value is -0.770. The molecule has 4 nitrogen and oxygen atoms in total. The van der Waals surface area contributed by atoms with Crippen LogP contribution in [0.4, 0.5) is 4.79 Å². The molecule has 1 aliphatic rings. The van der Waals surface area contributed by atoms with E-state index in [9.17, 15) is 4.79 Å². The number of carbonyl (C=O) groups excluding carboxylic acids is 1. The molecule has 0 saturated heterocycles. The minimum absolute atomic E-state index is 0.00595. The van der Waals surface area contributed by atoms with Crippen molar-refractivity contribution in [1.82, 2.24) is 10.6 Å². The van der Waals surface area contributed by atoms with Crippen LogP contribution in [-0.4, -0.2) is 30.3 Å². The quantitative estimate of drug-likeness (QED) is 0.598. The molecule has 0 spiro atoms. The molecule has 2 amide bonds. The zero-order valence-corrected chi connectivity index (χ0v) is 10.9. The Morgan fingerprint density at radius 2 is 2.12 bits per heavy atom. The van der Waals surface area contributed by atoms with Gasteiger partial charge in [-0.25, -0.2) is 4.79 Å². The molecule has 0 heterocycles. The minimum Gasteiger partial charge on any atom is -0.394 e. The Morgan fingerprint density at radius 1 is 1.41 bits per heavy atom. The summed E-state index contributed by atoms with van der Waals surface area (Å²) in [5.74, 6) is 0.890. The summed E-state index contributed by atoms with van der Waals surface area (Å²) in [7, 11) is 0. The van der Waals surface area contributed by atoms with Crippen molar-refractivity contribution in [2.45, 2.75) is 57.9 Å². The highest BCUT2D eigenvalue weighted by molar-refractivity contribution is 5.74. The monoisotopic (exact) mass is 242 g/mol. The number of hydrogen-bond acceptors (Lipinski definition) is 2. The van der Waals surface area contributed by atoms with Crippen LogP contribution < -0.4 is 10.6 Å². The smallest absolute Gasteiger partial charge is 0.315 e. The van der Waals surface area contributed by atoms with Crippen molar-refractivity contribution in [2.24, 2.45) is 5.92 Å². The third-order valence-corrected chi connectivity index (χ3v) is 3.60. The topological polar surface area (TPSA) is 61.4 Å². The van der Waals surface area contributed by atoms with Crippen LogP contribution in [0.2, 0.25) is 0 Å². The molecule has 17 heavy (non-hydrogen) atoms. The number of urea groups is 1. The van der Waals surface area contributed by atoms with Crippen LogP contribution in [0.15, 0.2) is 0 Å². The fourth-order valence-electron chi connectivity index (χ4n) is 2.40. The first-order valence-corrected chi connectivity index (χ1v) is 6.91. The van der Waals surface area contributed by atoms with Gasteiger partial charge >= 0.3 is 6.03 Å². The third kappa shape index (κ3) is 5.91. The first kappa shape index (κ1) is 14.3. The molecule has 4 heteroatoms. The Bertz CT molecular complexity index is 211. The molecule has 3 N–H and O–H groups in total. The van der Waals surface area contributed by atoms with E-state index in [4.69, 9.17) is 5.11 Å². The summed E-state index contributed by atoms with van der Waals surface area (Å²) in [6, 6.07) is -0.276. The summed E-state index contributed by atoms with van der Waals surface area (Å²) in [6.07, 6.45) is 8.56. The van der Waals surface area contributed by atoms with E-state index in [0.29, 0.717) is 0 Å². The Morgan fingerprint density at radius 3 is 2.71 bits per heavy atom. The molecule has 0 radical (unpaired) electrons. The average Bonchev–Trinajstić information content (AvgIpc) is 2.84. The van der Waals surface area contributed by atoms with E-state index in [0.717, 1.165) is 25.3 Å². The lowest BCUT2D eigenvalue weighted by Crippen LogP contribution is -2.43. The van der Waals surface area contributed by atoms with Crippen LogP contribution in [0.3, 0.4) is 0 Å². The summed E-state index contributed by atoms with van der Waals surface area (Å²) in [5, 5.41) is 14.5. The number of nitrogens with one attached hydrogen (secondary N) is 2. The van der Waals surface area contributed by atoms with Crippen LogP contribution in [0.1, 0.15) is 51.9 Å². The minimum atomic E-state index is -0.155. The molecule has 0 aliphatic heterocycles. The molecule has 100 valence electrons. The zero-order chi connectivity index (χ0) is 12.5. The lowest BCUT2D eigenvalue weighted by Gasteiger charge is -2.15. The maximum atomic E-state index is 11.4. The maximum absolute atomic E-state index is 11.4. The zero-order valence-electron chi connectivity index (χ0n) is 10.9. The van der Waals surface area contributed by atoms with Crippen molar-refractivity contribution in [2.75, 3.05) is 13.2 Å². The number of amides is 2. The highest BCUT2D eigenvalue weighted by atomic mass is 16.3. The fourth-order valence-corrected chi connectivity index (χ4v) is 2.40. The summed E-state index contributed by atoms with van der Waals surface area (Å²) in [5.41, 5.74) is 0. The molecule has 1 fully saturated rings. The first-order chi connectivity index (χ1) is 8.26. The standard InChI is InChI=1S/C13H26N2O2/c1-2-12(10-16)15-13(17)14-9-5-8-11-6-3-4-7-11/h11-12,16H,2-10H2,1H3,(H2,14,15,17). The molecule has 0 aromatic rings. The molecule has 1 saturated carbocycles. The van der Waals surface area contributed by atoms with Crippen LogP contribution in [0.5, 0.6) is 0 Å². The van der Waals surface area contributed by atoms with Gasteiger partial charge in [0.1, 0.15) is 0 Å². The predicted molar refractivity (Wildman–Crippen MR) is 68.9 cm³/mol. The van der Waals surface area contributed by atoms with Crippen molar-refractivity contribution in [3.05, 3.63) is 0 Å². The molecule has 1 aliphatic carbocycles. The van der Waals surface area contributed by atoms with Crippen molar-refractivity contribution in [3.63, 3.8) is 0 Å². The highest BCUT2D eigenvalue weighted by Gasteiger charge is 2.14. The highest BCUT2D eigenvalue weighted by Crippen LogP contribution is 2.28. The molecule has 1 rings (SSSR count). The molecular weight excluding hydrogens is 216 g/mol. The predicted octanol–water partition coefficient (Wildman–Crippen LogP) is 2.03. The van der Waals surface area contributed by atoms with Crippen LogP contribution >= 0.6 is 0 Å². The summed E-state index contributed by atoms with van der Waals surface area (Å²) in [4.78, 5) is 11.4. The van der Waals surface area contributed by atoms with Gasteiger partial charge in [-0.3, -0.25) is 0 Å². The second kappa shape index (κ2) is 8.34. The largest absolute Gasteiger partial charge is 0.394 e. The van der Waals surface area contributed by atoms with Crippen LogP contribution in [0.25, 0.3) is 0 Å².